The first-order valence-corrected chi connectivity index (χ1v) is 6.82. The van der Waals surface area contributed by atoms with Gasteiger partial charge in [-0.05, 0) is 63.1 Å². The summed E-state index contributed by atoms with van der Waals surface area (Å²) in [5, 5.41) is 3.56. The minimum atomic E-state index is 0.832. The Balaban J connectivity index is 1.71. The van der Waals surface area contributed by atoms with Crippen molar-refractivity contribution in [2.75, 3.05) is 13.1 Å². The standard InChI is InChI=1S/C14H21N3/c1-10-16-6-5-13(17-10)7-11-3-2-4-12-8-15-9-14(11)12/h5-6,11-12,14-15H,2-4,7-9H2,1H3/t11-,12-,14+/m0/s1. The van der Waals surface area contributed by atoms with E-state index >= 15 is 0 Å². The van der Waals surface area contributed by atoms with Crippen molar-refractivity contribution in [2.45, 2.75) is 32.6 Å². The summed E-state index contributed by atoms with van der Waals surface area (Å²) in [5.41, 5.74) is 1.23. The van der Waals surface area contributed by atoms with Crippen LogP contribution >= 0.6 is 0 Å². The lowest BCUT2D eigenvalue weighted by atomic mass is 9.72. The molecule has 17 heavy (non-hydrogen) atoms. The van der Waals surface area contributed by atoms with E-state index in [0.29, 0.717) is 0 Å². The molecule has 2 heterocycles. The first kappa shape index (κ1) is 11.1. The van der Waals surface area contributed by atoms with Crippen molar-refractivity contribution >= 4 is 0 Å². The maximum Gasteiger partial charge on any atom is 0.125 e. The molecule has 1 aromatic rings. The van der Waals surface area contributed by atoms with E-state index in [1.165, 1.54) is 38.0 Å². The molecule has 3 heteroatoms. The Kier molecular flexibility index (Phi) is 3.10. The molecule has 3 atom stereocenters. The Hall–Kier alpha value is -0.960. The van der Waals surface area contributed by atoms with Crippen molar-refractivity contribution in [2.24, 2.45) is 17.8 Å². The van der Waals surface area contributed by atoms with Gasteiger partial charge in [0.1, 0.15) is 5.82 Å². The van der Waals surface area contributed by atoms with Gasteiger partial charge in [0.15, 0.2) is 0 Å². The third-order valence-corrected chi connectivity index (χ3v) is 4.45. The van der Waals surface area contributed by atoms with Crippen LogP contribution in [-0.2, 0) is 6.42 Å². The molecule has 92 valence electrons. The van der Waals surface area contributed by atoms with Crippen molar-refractivity contribution in [3.05, 3.63) is 23.8 Å². The van der Waals surface area contributed by atoms with Gasteiger partial charge in [0.25, 0.3) is 0 Å². The number of rotatable bonds is 2. The van der Waals surface area contributed by atoms with Crippen LogP contribution in [-0.4, -0.2) is 23.1 Å². The zero-order chi connectivity index (χ0) is 11.7. The maximum atomic E-state index is 4.55. The van der Waals surface area contributed by atoms with Gasteiger partial charge in [0.05, 0.1) is 0 Å². The highest BCUT2D eigenvalue weighted by Crippen LogP contribution is 2.38. The van der Waals surface area contributed by atoms with Crippen LogP contribution in [0.15, 0.2) is 12.3 Å². The third kappa shape index (κ3) is 2.34. The van der Waals surface area contributed by atoms with Crippen molar-refractivity contribution in [3.63, 3.8) is 0 Å². The summed E-state index contributed by atoms with van der Waals surface area (Å²) in [6.45, 7) is 4.44. The molecule has 0 bridgehead atoms. The highest BCUT2D eigenvalue weighted by atomic mass is 14.9. The molecule has 1 aromatic heterocycles. The second-order valence-electron chi connectivity index (χ2n) is 5.57. The molecule has 1 N–H and O–H groups in total. The fraction of sp³-hybridized carbons (Fsp3) is 0.714. The zero-order valence-corrected chi connectivity index (χ0v) is 10.5. The molecule has 1 saturated carbocycles. The van der Waals surface area contributed by atoms with E-state index in [0.717, 1.165) is 30.0 Å². The van der Waals surface area contributed by atoms with Crippen molar-refractivity contribution in [1.82, 2.24) is 15.3 Å². The maximum absolute atomic E-state index is 4.55. The number of fused-ring (bicyclic) bond motifs is 1. The summed E-state index contributed by atoms with van der Waals surface area (Å²) < 4.78 is 0. The lowest BCUT2D eigenvalue weighted by Gasteiger charge is -2.33. The number of nitrogens with one attached hydrogen (secondary N) is 1. The summed E-state index contributed by atoms with van der Waals surface area (Å²) in [6.07, 6.45) is 7.25. The van der Waals surface area contributed by atoms with E-state index in [2.05, 4.69) is 21.4 Å². The first-order valence-electron chi connectivity index (χ1n) is 6.82. The van der Waals surface area contributed by atoms with Gasteiger partial charge in [-0.3, -0.25) is 0 Å². The van der Waals surface area contributed by atoms with Crippen LogP contribution in [0.5, 0.6) is 0 Å². The predicted octanol–water partition coefficient (Wildman–Crippen LogP) is 1.96. The number of hydrogen-bond donors (Lipinski definition) is 1. The molecule has 1 aliphatic heterocycles. The smallest absolute Gasteiger partial charge is 0.125 e. The van der Waals surface area contributed by atoms with Gasteiger partial charge in [0, 0.05) is 11.9 Å². The monoisotopic (exact) mass is 231 g/mol. The Bertz CT molecular complexity index is 391. The largest absolute Gasteiger partial charge is 0.316 e. The molecule has 3 rings (SSSR count). The van der Waals surface area contributed by atoms with Crippen LogP contribution < -0.4 is 5.32 Å². The summed E-state index contributed by atoms with van der Waals surface area (Å²) in [4.78, 5) is 8.73. The van der Waals surface area contributed by atoms with E-state index < -0.39 is 0 Å². The highest BCUT2D eigenvalue weighted by Gasteiger charge is 2.36. The van der Waals surface area contributed by atoms with Crippen LogP contribution in [0.1, 0.15) is 30.8 Å². The molecule has 0 unspecified atom stereocenters. The molecule has 0 spiro atoms. The van der Waals surface area contributed by atoms with Gasteiger partial charge in [0.2, 0.25) is 0 Å². The normalized spacial score (nSPS) is 32.4. The van der Waals surface area contributed by atoms with Crippen molar-refractivity contribution in [1.29, 1.82) is 0 Å². The zero-order valence-electron chi connectivity index (χ0n) is 10.5. The van der Waals surface area contributed by atoms with Gasteiger partial charge >= 0.3 is 0 Å². The lowest BCUT2D eigenvalue weighted by Crippen LogP contribution is -2.29. The average Bonchev–Trinajstić information content (AvgIpc) is 2.78. The number of nitrogens with zero attached hydrogens (tertiary/aromatic N) is 2. The van der Waals surface area contributed by atoms with Crippen LogP contribution in [0, 0.1) is 24.7 Å². The summed E-state index contributed by atoms with van der Waals surface area (Å²) in [5.74, 6) is 3.55. The fourth-order valence-corrected chi connectivity index (χ4v) is 3.62. The Morgan fingerprint density at radius 1 is 1.35 bits per heavy atom. The van der Waals surface area contributed by atoms with Gasteiger partial charge in [-0.25, -0.2) is 9.97 Å². The van der Waals surface area contributed by atoms with Crippen LogP contribution in [0.25, 0.3) is 0 Å². The topological polar surface area (TPSA) is 37.8 Å². The molecule has 1 saturated heterocycles. The second kappa shape index (κ2) is 4.73. The minimum absolute atomic E-state index is 0.832. The first-order chi connectivity index (χ1) is 8.33. The number of aromatic nitrogens is 2. The quantitative estimate of drug-likeness (QED) is 0.845. The predicted molar refractivity (Wildman–Crippen MR) is 67.7 cm³/mol. The Morgan fingerprint density at radius 2 is 2.29 bits per heavy atom. The van der Waals surface area contributed by atoms with E-state index in [1.54, 1.807) is 0 Å². The summed E-state index contributed by atoms with van der Waals surface area (Å²) in [7, 11) is 0. The van der Waals surface area contributed by atoms with Gasteiger partial charge in [-0.1, -0.05) is 6.42 Å². The van der Waals surface area contributed by atoms with Crippen molar-refractivity contribution in [3.8, 4) is 0 Å². The minimum Gasteiger partial charge on any atom is -0.316 e. The Labute approximate surface area is 103 Å². The molecule has 1 aliphatic carbocycles. The third-order valence-electron chi connectivity index (χ3n) is 4.45. The second-order valence-corrected chi connectivity index (χ2v) is 5.57. The lowest BCUT2D eigenvalue weighted by molar-refractivity contribution is 0.197. The molecule has 0 aromatic carbocycles. The van der Waals surface area contributed by atoms with Gasteiger partial charge in [-0.2, -0.15) is 0 Å². The molecule has 3 nitrogen and oxygen atoms in total. The van der Waals surface area contributed by atoms with Crippen LogP contribution in [0.3, 0.4) is 0 Å². The van der Waals surface area contributed by atoms with Gasteiger partial charge < -0.3 is 5.32 Å². The van der Waals surface area contributed by atoms with Crippen LogP contribution in [0.2, 0.25) is 0 Å². The van der Waals surface area contributed by atoms with E-state index in [4.69, 9.17) is 0 Å². The van der Waals surface area contributed by atoms with Crippen molar-refractivity contribution < 1.29 is 0 Å². The molecular weight excluding hydrogens is 210 g/mol. The Morgan fingerprint density at radius 3 is 3.18 bits per heavy atom. The number of hydrogen-bond acceptors (Lipinski definition) is 3. The molecular formula is C14H21N3. The molecule has 0 amide bonds. The molecule has 2 fully saturated rings. The molecule has 2 aliphatic rings. The fourth-order valence-electron chi connectivity index (χ4n) is 3.62. The molecule has 0 radical (unpaired) electrons. The SMILES string of the molecule is Cc1nccc(C[C@@H]2CCC[C@H]3CNC[C@@H]32)n1. The van der Waals surface area contributed by atoms with E-state index in [9.17, 15) is 0 Å². The van der Waals surface area contributed by atoms with Crippen LogP contribution in [0.4, 0.5) is 0 Å². The highest BCUT2D eigenvalue weighted by molar-refractivity contribution is 5.04. The number of aryl methyl sites for hydroxylation is 1. The average molecular weight is 231 g/mol. The van der Waals surface area contributed by atoms with E-state index in [1.807, 2.05) is 13.1 Å². The summed E-state index contributed by atoms with van der Waals surface area (Å²) in [6, 6.07) is 2.08. The van der Waals surface area contributed by atoms with Gasteiger partial charge in [-0.15, -0.1) is 0 Å². The van der Waals surface area contributed by atoms with E-state index in [-0.39, 0.29) is 0 Å². The summed E-state index contributed by atoms with van der Waals surface area (Å²) >= 11 is 0.